The third kappa shape index (κ3) is 1.94. The summed E-state index contributed by atoms with van der Waals surface area (Å²) >= 11 is 0. The number of para-hydroxylation sites is 1. The van der Waals surface area contributed by atoms with E-state index in [2.05, 4.69) is 18.8 Å². The lowest BCUT2D eigenvalue weighted by Crippen LogP contribution is -1.97. The second-order valence-electron chi connectivity index (χ2n) is 3.48. The molecular weight excluding hydrogens is 186 g/mol. The van der Waals surface area contributed by atoms with Crippen LogP contribution in [0.3, 0.4) is 0 Å². The molecule has 1 heterocycles. The van der Waals surface area contributed by atoms with E-state index in [4.69, 9.17) is 4.74 Å². The molecule has 2 nitrogen and oxygen atoms in total. The molecule has 0 bridgehead atoms. The number of allylic oxidation sites excluding steroid dienone is 2. The Hall–Kier alpha value is -1.57. The van der Waals surface area contributed by atoms with Crippen molar-refractivity contribution in [3.63, 3.8) is 0 Å². The first kappa shape index (κ1) is 9.97. The molecule has 1 aromatic rings. The third-order valence-electron chi connectivity index (χ3n) is 2.49. The Morgan fingerprint density at radius 3 is 2.67 bits per heavy atom. The molecule has 0 aliphatic carbocycles. The van der Waals surface area contributed by atoms with Gasteiger partial charge in [-0.05, 0) is 18.6 Å². The number of hydrogen-bond donors (Lipinski definition) is 0. The van der Waals surface area contributed by atoms with Gasteiger partial charge in [0.1, 0.15) is 11.5 Å². The average molecular weight is 201 g/mol. The lowest BCUT2D eigenvalue weighted by atomic mass is 10.2. The van der Waals surface area contributed by atoms with Crippen molar-refractivity contribution in [3.05, 3.63) is 41.3 Å². The van der Waals surface area contributed by atoms with E-state index in [0.717, 1.165) is 35.6 Å². The molecule has 1 aliphatic heterocycles. The standard InChI is InChI=1S/C13H15NO/c1-3-11-12(4-2)15-13-8-6-5-7-10(13)9-14-11/h5-9H,3-4H2,1-2H3. The third-order valence-corrected chi connectivity index (χ3v) is 2.49. The molecule has 2 rings (SSSR count). The van der Waals surface area contributed by atoms with Crippen molar-refractivity contribution < 1.29 is 4.74 Å². The number of nitrogens with zero attached hydrogens (tertiary/aromatic N) is 1. The topological polar surface area (TPSA) is 21.6 Å². The molecule has 0 fully saturated rings. The Morgan fingerprint density at radius 1 is 1.13 bits per heavy atom. The number of aliphatic imine (C=N–C) groups is 1. The maximum atomic E-state index is 5.86. The summed E-state index contributed by atoms with van der Waals surface area (Å²) in [4.78, 5) is 4.46. The molecule has 1 aliphatic rings. The molecule has 15 heavy (non-hydrogen) atoms. The van der Waals surface area contributed by atoms with Crippen molar-refractivity contribution in [2.45, 2.75) is 26.7 Å². The largest absolute Gasteiger partial charge is 0.459 e. The van der Waals surface area contributed by atoms with Crippen molar-refractivity contribution in [2.24, 2.45) is 4.99 Å². The first-order valence-electron chi connectivity index (χ1n) is 5.38. The minimum atomic E-state index is 0.884. The fraction of sp³-hybridized carbons (Fsp3) is 0.308. The van der Waals surface area contributed by atoms with Crippen LogP contribution >= 0.6 is 0 Å². The van der Waals surface area contributed by atoms with Gasteiger partial charge >= 0.3 is 0 Å². The number of hydrogen-bond acceptors (Lipinski definition) is 2. The number of rotatable bonds is 2. The Morgan fingerprint density at radius 2 is 1.93 bits per heavy atom. The molecule has 0 amide bonds. The summed E-state index contributed by atoms with van der Waals surface area (Å²) in [6, 6.07) is 7.98. The Balaban J connectivity index is 2.44. The van der Waals surface area contributed by atoms with E-state index < -0.39 is 0 Å². The van der Waals surface area contributed by atoms with Gasteiger partial charge in [0.15, 0.2) is 0 Å². The second-order valence-corrected chi connectivity index (χ2v) is 3.48. The van der Waals surface area contributed by atoms with Crippen LogP contribution in [0.5, 0.6) is 5.75 Å². The van der Waals surface area contributed by atoms with Gasteiger partial charge in [0.2, 0.25) is 0 Å². The molecule has 1 aromatic carbocycles. The van der Waals surface area contributed by atoms with Gasteiger partial charge in [0.25, 0.3) is 0 Å². The van der Waals surface area contributed by atoms with Crippen LogP contribution in [0.2, 0.25) is 0 Å². The molecule has 0 spiro atoms. The maximum Gasteiger partial charge on any atom is 0.135 e. The van der Waals surface area contributed by atoms with Gasteiger partial charge in [-0.3, -0.25) is 4.99 Å². The monoisotopic (exact) mass is 201 g/mol. The molecule has 0 N–H and O–H groups in total. The summed E-state index contributed by atoms with van der Waals surface area (Å²) in [5.74, 6) is 1.89. The zero-order valence-corrected chi connectivity index (χ0v) is 9.16. The first-order chi connectivity index (χ1) is 7.35. The van der Waals surface area contributed by atoms with Crippen molar-refractivity contribution in [1.29, 1.82) is 0 Å². The minimum Gasteiger partial charge on any atom is -0.459 e. The zero-order valence-electron chi connectivity index (χ0n) is 9.16. The van der Waals surface area contributed by atoms with Gasteiger partial charge in [-0.15, -0.1) is 0 Å². The predicted molar refractivity (Wildman–Crippen MR) is 62.3 cm³/mol. The van der Waals surface area contributed by atoms with Crippen LogP contribution in [-0.2, 0) is 0 Å². The van der Waals surface area contributed by atoms with Gasteiger partial charge in [-0.25, -0.2) is 0 Å². The normalized spacial score (nSPS) is 14.5. The molecule has 2 heteroatoms. The second kappa shape index (κ2) is 4.30. The SMILES string of the molecule is CCC1=C(CC)Oc2ccccc2C=N1. The fourth-order valence-corrected chi connectivity index (χ4v) is 1.66. The van der Waals surface area contributed by atoms with E-state index in [1.807, 2.05) is 30.5 Å². The van der Waals surface area contributed by atoms with E-state index in [0.29, 0.717) is 0 Å². The molecule has 0 atom stereocenters. The molecule has 0 saturated carbocycles. The van der Waals surface area contributed by atoms with Crippen LogP contribution in [0.4, 0.5) is 0 Å². The zero-order chi connectivity index (χ0) is 10.7. The summed E-state index contributed by atoms with van der Waals surface area (Å²) in [6.07, 6.45) is 3.68. The number of fused-ring (bicyclic) bond motifs is 1. The minimum absolute atomic E-state index is 0.884. The van der Waals surface area contributed by atoms with Crippen LogP contribution in [0.1, 0.15) is 32.3 Å². The van der Waals surface area contributed by atoms with E-state index in [-0.39, 0.29) is 0 Å². The molecule has 0 unspecified atom stereocenters. The molecule has 0 aromatic heterocycles. The Kier molecular flexibility index (Phi) is 2.86. The summed E-state index contributed by atoms with van der Waals surface area (Å²) < 4.78 is 5.86. The maximum absolute atomic E-state index is 5.86. The Bertz CT molecular complexity index is 418. The van der Waals surface area contributed by atoms with Gasteiger partial charge in [0.05, 0.1) is 5.70 Å². The summed E-state index contributed by atoms with van der Waals surface area (Å²) in [6.45, 7) is 4.19. The average Bonchev–Trinajstić information content (AvgIpc) is 2.47. The van der Waals surface area contributed by atoms with Crippen molar-refractivity contribution in [1.82, 2.24) is 0 Å². The Labute approximate surface area is 90.3 Å². The highest BCUT2D eigenvalue weighted by molar-refractivity contribution is 5.84. The van der Waals surface area contributed by atoms with E-state index in [1.165, 1.54) is 0 Å². The smallest absolute Gasteiger partial charge is 0.135 e. The van der Waals surface area contributed by atoms with Crippen molar-refractivity contribution >= 4 is 6.21 Å². The van der Waals surface area contributed by atoms with E-state index >= 15 is 0 Å². The van der Waals surface area contributed by atoms with Gasteiger partial charge in [-0.2, -0.15) is 0 Å². The molecule has 78 valence electrons. The first-order valence-corrected chi connectivity index (χ1v) is 5.38. The van der Waals surface area contributed by atoms with Crippen LogP contribution < -0.4 is 4.74 Å². The lowest BCUT2D eigenvalue weighted by molar-refractivity contribution is 0.401. The lowest BCUT2D eigenvalue weighted by Gasteiger charge is -2.09. The molecule has 0 radical (unpaired) electrons. The van der Waals surface area contributed by atoms with E-state index in [9.17, 15) is 0 Å². The fourth-order valence-electron chi connectivity index (χ4n) is 1.66. The van der Waals surface area contributed by atoms with E-state index in [1.54, 1.807) is 0 Å². The molecular formula is C13H15NO. The highest BCUT2D eigenvalue weighted by Crippen LogP contribution is 2.26. The number of ether oxygens (including phenoxy) is 1. The van der Waals surface area contributed by atoms with Crippen LogP contribution in [0.25, 0.3) is 0 Å². The quantitative estimate of drug-likeness (QED) is 0.717. The summed E-state index contributed by atoms with van der Waals surface area (Å²) in [5.41, 5.74) is 2.10. The number of benzene rings is 1. The van der Waals surface area contributed by atoms with Crippen LogP contribution in [-0.4, -0.2) is 6.21 Å². The summed E-state index contributed by atoms with van der Waals surface area (Å²) in [7, 11) is 0. The highest BCUT2D eigenvalue weighted by atomic mass is 16.5. The van der Waals surface area contributed by atoms with Crippen LogP contribution in [0, 0.1) is 0 Å². The predicted octanol–water partition coefficient (Wildman–Crippen LogP) is 3.53. The van der Waals surface area contributed by atoms with Crippen molar-refractivity contribution in [3.8, 4) is 5.75 Å². The van der Waals surface area contributed by atoms with Gasteiger partial charge < -0.3 is 4.74 Å². The van der Waals surface area contributed by atoms with Gasteiger partial charge in [-0.1, -0.05) is 26.0 Å². The highest BCUT2D eigenvalue weighted by Gasteiger charge is 2.11. The molecule has 0 saturated heterocycles. The van der Waals surface area contributed by atoms with Crippen molar-refractivity contribution in [2.75, 3.05) is 0 Å². The van der Waals surface area contributed by atoms with Crippen LogP contribution in [0.15, 0.2) is 40.7 Å². The summed E-state index contributed by atoms with van der Waals surface area (Å²) in [5, 5.41) is 0. The van der Waals surface area contributed by atoms with Gasteiger partial charge in [0, 0.05) is 18.2 Å².